The Bertz CT molecular complexity index is 105. The van der Waals surface area contributed by atoms with Gasteiger partial charge in [-0.2, -0.15) is 0 Å². The van der Waals surface area contributed by atoms with Crippen molar-refractivity contribution in [1.82, 2.24) is 0 Å². The average Bonchev–Trinajstić information content (AvgIpc) is 1.90. The SMILES string of the molecule is CC.CC(=O)CCCC(=O)O. The van der Waals surface area contributed by atoms with Crippen molar-refractivity contribution in [2.24, 2.45) is 0 Å². The number of rotatable bonds is 4. The lowest BCUT2D eigenvalue weighted by Crippen LogP contribution is -1.96. The minimum Gasteiger partial charge on any atom is -0.481 e. The van der Waals surface area contributed by atoms with Gasteiger partial charge >= 0.3 is 5.97 Å². The number of Topliss-reactive ketones (excluding diaryl/α,β-unsaturated/α-hetero) is 1. The first-order chi connectivity index (χ1) is 5.13. The number of carboxylic acid groups (broad SMARTS) is 1. The maximum Gasteiger partial charge on any atom is 0.303 e. The van der Waals surface area contributed by atoms with Crippen LogP contribution in [0.25, 0.3) is 0 Å². The van der Waals surface area contributed by atoms with Crippen LogP contribution in [0.2, 0.25) is 0 Å². The Morgan fingerprint density at radius 3 is 1.91 bits per heavy atom. The van der Waals surface area contributed by atoms with Gasteiger partial charge in [0, 0.05) is 12.8 Å². The Hall–Kier alpha value is -0.860. The monoisotopic (exact) mass is 160 g/mol. The van der Waals surface area contributed by atoms with Gasteiger partial charge in [0.2, 0.25) is 0 Å². The van der Waals surface area contributed by atoms with Crippen LogP contribution in [0.15, 0.2) is 0 Å². The molecular weight excluding hydrogens is 144 g/mol. The molecule has 0 rings (SSSR count). The van der Waals surface area contributed by atoms with Crippen LogP contribution in [0.1, 0.15) is 40.0 Å². The molecule has 0 fully saturated rings. The molecule has 0 aromatic carbocycles. The Kier molecular flexibility index (Phi) is 10.6. The van der Waals surface area contributed by atoms with Gasteiger partial charge in [0.1, 0.15) is 5.78 Å². The van der Waals surface area contributed by atoms with Crippen LogP contribution in [0.3, 0.4) is 0 Å². The summed E-state index contributed by atoms with van der Waals surface area (Å²) < 4.78 is 0. The number of hydrogen-bond donors (Lipinski definition) is 1. The zero-order chi connectivity index (χ0) is 9.28. The predicted octanol–water partition coefficient (Wildman–Crippen LogP) is 1.86. The molecule has 0 bridgehead atoms. The van der Waals surface area contributed by atoms with Crippen LogP contribution in [-0.4, -0.2) is 16.9 Å². The van der Waals surface area contributed by atoms with Crippen LogP contribution in [0.4, 0.5) is 0 Å². The molecule has 0 spiro atoms. The van der Waals surface area contributed by atoms with Crippen LogP contribution >= 0.6 is 0 Å². The first kappa shape index (κ1) is 12.8. The highest BCUT2D eigenvalue weighted by molar-refractivity contribution is 5.76. The second-order valence-corrected chi connectivity index (χ2v) is 1.95. The molecule has 0 saturated heterocycles. The molecule has 0 radical (unpaired) electrons. The number of hydrogen-bond acceptors (Lipinski definition) is 2. The highest BCUT2D eigenvalue weighted by Gasteiger charge is 1.97. The second-order valence-electron chi connectivity index (χ2n) is 1.95. The van der Waals surface area contributed by atoms with Gasteiger partial charge < -0.3 is 9.90 Å². The number of ketones is 1. The third-order valence-corrected chi connectivity index (χ3v) is 0.919. The van der Waals surface area contributed by atoms with Gasteiger partial charge in [-0.05, 0) is 13.3 Å². The fraction of sp³-hybridized carbons (Fsp3) is 0.750. The summed E-state index contributed by atoms with van der Waals surface area (Å²) in [4.78, 5) is 20.1. The summed E-state index contributed by atoms with van der Waals surface area (Å²) in [5.74, 6) is -0.785. The Morgan fingerprint density at radius 1 is 1.18 bits per heavy atom. The minimum absolute atomic E-state index is 0.0521. The molecule has 0 aliphatic heterocycles. The molecular formula is C8H16O3. The minimum atomic E-state index is -0.837. The average molecular weight is 160 g/mol. The van der Waals surface area contributed by atoms with E-state index in [1.54, 1.807) is 0 Å². The third kappa shape index (κ3) is 17.6. The van der Waals surface area contributed by atoms with Gasteiger partial charge in [-0.25, -0.2) is 0 Å². The maximum absolute atomic E-state index is 10.2. The first-order valence-electron chi connectivity index (χ1n) is 3.84. The number of carbonyl (C=O) groups is 2. The van der Waals surface area contributed by atoms with Crippen molar-refractivity contribution < 1.29 is 14.7 Å². The van der Waals surface area contributed by atoms with Gasteiger partial charge in [-0.3, -0.25) is 4.79 Å². The van der Waals surface area contributed by atoms with Crippen LogP contribution in [-0.2, 0) is 9.59 Å². The van der Waals surface area contributed by atoms with Crippen molar-refractivity contribution in [1.29, 1.82) is 0 Å². The van der Waals surface area contributed by atoms with Gasteiger partial charge in [0.25, 0.3) is 0 Å². The van der Waals surface area contributed by atoms with E-state index in [0.717, 1.165) is 0 Å². The lowest BCUT2D eigenvalue weighted by atomic mass is 10.2. The van der Waals surface area contributed by atoms with Crippen molar-refractivity contribution in [2.75, 3.05) is 0 Å². The fourth-order valence-electron chi connectivity index (χ4n) is 0.489. The van der Waals surface area contributed by atoms with E-state index >= 15 is 0 Å². The van der Waals surface area contributed by atoms with E-state index in [0.29, 0.717) is 12.8 Å². The molecule has 11 heavy (non-hydrogen) atoms. The van der Waals surface area contributed by atoms with Crippen molar-refractivity contribution in [3.05, 3.63) is 0 Å². The molecule has 0 aliphatic rings. The van der Waals surface area contributed by atoms with Gasteiger partial charge in [0.15, 0.2) is 0 Å². The summed E-state index contributed by atoms with van der Waals surface area (Å²) in [6.07, 6.45) is 0.941. The third-order valence-electron chi connectivity index (χ3n) is 0.919. The van der Waals surface area contributed by atoms with E-state index in [-0.39, 0.29) is 12.2 Å². The molecule has 0 aromatic rings. The van der Waals surface area contributed by atoms with E-state index in [1.807, 2.05) is 13.8 Å². The topological polar surface area (TPSA) is 54.4 Å². The first-order valence-corrected chi connectivity index (χ1v) is 3.84. The molecule has 0 heterocycles. The van der Waals surface area contributed by atoms with Crippen molar-refractivity contribution in [2.45, 2.75) is 40.0 Å². The summed E-state index contributed by atoms with van der Waals surface area (Å²) in [7, 11) is 0. The molecule has 66 valence electrons. The summed E-state index contributed by atoms with van der Waals surface area (Å²) in [6.45, 7) is 5.46. The fourth-order valence-corrected chi connectivity index (χ4v) is 0.489. The highest BCUT2D eigenvalue weighted by Crippen LogP contribution is 1.94. The Labute approximate surface area is 67.4 Å². The van der Waals surface area contributed by atoms with E-state index in [4.69, 9.17) is 5.11 Å². The number of carboxylic acids is 1. The largest absolute Gasteiger partial charge is 0.481 e. The second kappa shape index (κ2) is 9.14. The van der Waals surface area contributed by atoms with E-state index in [1.165, 1.54) is 6.92 Å². The molecule has 0 unspecified atom stereocenters. The van der Waals surface area contributed by atoms with Crippen LogP contribution in [0.5, 0.6) is 0 Å². The smallest absolute Gasteiger partial charge is 0.303 e. The van der Waals surface area contributed by atoms with Crippen LogP contribution in [0, 0.1) is 0 Å². The van der Waals surface area contributed by atoms with Crippen molar-refractivity contribution >= 4 is 11.8 Å². The van der Waals surface area contributed by atoms with E-state index in [9.17, 15) is 9.59 Å². The lowest BCUT2D eigenvalue weighted by Gasteiger charge is -1.89. The summed E-state index contributed by atoms with van der Waals surface area (Å²) in [6, 6.07) is 0. The molecule has 3 nitrogen and oxygen atoms in total. The highest BCUT2D eigenvalue weighted by atomic mass is 16.4. The zero-order valence-electron chi connectivity index (χ0n) is 7.39. The number of aliphatic carboxylic acids is 1. The zero-order valence-corrected chi connectivity index (χ0v) is 7.39. The summed E-state index contributed by atoms with van der Waals surface area (Å²) in [5.41, 5.74) is 0. The van der Waals surface area contributed by atoms with Gasteiger partial charge in [0.05, 0.1) is 0 Å². The normalized spacial score (nSPS) is 7.91. The van der Waals surface area contributed by atoms with Gasteiger partial charge in [-0.1, -0.05) is 13.8 Å². The summed E-state index contributed by atoms with van der Waals surface area (Å²) in [5, 5.41) is 8.12. The molecule has 0 amide bonds. The summed E-state index contributed by atoms with van der Waals surface area (Å²) >= 11 is 0. The predicted molar refractivity (Wildman–Crippen MR) is 43.5 cm³/mol. The molecule has 0 aliphatic carbocycles. The molecule has 1 N–H and O–H groups in total. The standard InChI is InChI=1S/C6H10O3.C2H6/c1-5(7)3-2-4-6(8)9;1-2/h2-4H2,1H3,(H,8,9);1-2H3. The van der Waals surface area contributed by atoms with E-state index in [2.05, 4.69) is 0 Å². The van der Waals surface area contributed by atoms with Gasteiger partial charge in [-0.15, -0.1) is 0 Å². The van der Waals surface area contributed by atoms with Crippen LogP contribution < -0.4 is 0 Å². The molecule has 0 atom stereocenters. The molecule has 3 heteroatoms. The molecule has 0 saturated carbocycles. The van der Waals surface area contributed by atoms with E-state index < -0.39 is 5.97 Å². The van der Waals surface area contributed by atoms with Crippen molar-refractivity contribution in [3.63, 3.8) is 0 Å². The Balaban J connectivity index is 0. The Morgan fingerprint density at radius 2 is 1.64 bits per heavy atom. The quantitative estimate of drug-likeness (QED) is 0.682. The lowest BCUT2D eigenvalue weighted by molar-refractivity contribution is -0.137. The van der Waals surface area contributed by atoms with Crippen molar-refractivity contribution in [3.8, 4) is 0 Å². The molecule has 0 aromatic heterocycles. The number of carbonyl (C=O) groups excluding carboxylic acids is 1. The maximum atomic E-state index is 10.2.